The van der Waals surface area contributed by atoms with Gasteiger partial charge in [-0.25, -0.2) is 0 Å². The molecule has 2 heteroatoms. The van der Waals surface area contributed by atoms with Gasteiger partial charge in [-0.3, -0.25) is 0 Å². The minimum absolute atomic E-state index is 0.294. The monoisotopic (exact) mass is 233 g/mol. The van der Waals surface area contributed by atoms with E-state index in [2.05, 4.69) is 36.5 Å². The second-order valence-electron chi connectivity index (χ2n) is 5.16. The van der Waals surface area contributed by atoms with Crippen molar-refractivity contribution in [2.45, 2.75) is 51.1 Å². The zero-order chi connectivity index (χ0) is 12.1. The van der Waals surface area contributed by atoms with E-state index in [1.807, 2.05) is 0 Å². The molecule has 2 rings (SSSR count). The van der Waals surface area contributed by atoms with Gasteiger partial charge in [-0.2, -0.15) is 0 Å². The third-order valence-corrected chi connectivity index (χ3v) is 3.48. The van der Waals surface area contributed by atoms with Crippen LogP contribution >= 0.6 is 0 Å². The first-order valence-corrected chi connectivity index (χ1v) is 6.72. The van der Waals surface area contributed by atoms with Crippen molar-refractivity contribution in [2.75, 3.05) is 6.61 Å². The molecular weight excluding hydrogens is 210 g/mol. The number of rotatable bonds is 7. The van der Waals surface area contributed by atoms with Crippen LogP contribution in [0.3, 0.4) is 0 Å². The van der Waals surface area contributed by atoms with Crippen LogP contribution in [0.5, 0.6) is 0 Å². The number of hydrogen-bond acceptors (Lipinski definition) is 2. The smallest absolute Gasteiger partial charge is 0.0431 e. The summed E-state index contributed by atoms with van der Waals surface area (Å²) in [6, 6.07) is 9.49. The molecule has 1 aromatic carbocycles. The van der Waals surface area contributed by atoms with Crippen molar-refractivity contribution in [3.05, 3.63) is 35.4 Å². The number of benzene rings is 1. The highest BCUT2D eigenvalue weighted by Gasteiger charge is 2.22. The third kappa shape index (κ3) is 4.14. The van der Waals surface area contributed by atoms with Crippen molar-refractivity contribution in [2.24, 2.45) is 0 Å². The SMILES string of the molecule is CC(CCCO)NCc1ccc(C2CC2)cc1. The van der Waals surface area contributed by atoms with Crippen LogP contribution in [0.15, 0.2) is 24.3 Å². The molecule has 0 amide bonds. The average Bonchev–Trinajstić information content (AvgIpc) is 3.19. The fourth-order valence-corrected chi connectivity index (χ4v) is 2.12. The van der Waals surface area contributed by atoms with Crippen molar-refractivity contribution in [3.8, 4) is 0 Å². The highest BCUT2D eigenvalue weighted by atomic mass is 16.2. The van der Waals surface area contributed by atoms with Gasteiger partial charge in [0, 0.05) is 19.2 Å². The van der Waals surface area contributed by atoms with Crippen molar-refractivity contribution in [3.63, 3.8) is 0 Å². The van der Waals surface area contributed by atoms with Gasteiger partial charge in [-0.1, -0.05) is 24.3 Å². The predicted molar refractivity (Wildman–Crippen MR) is 71.0 cm³/mol. The quantitative estimate of drug-likeness (QED) is 0.759. The van der Waals surface area contributed by atoms with E-state index in [0.717, 1.165) is 25.3 Å². The minimum atomic E-state index is 0.294. The normalized spacial score (nSPS) is 17.1. The van der Waals surface area contributed by atoms with Crippen LogP contribution < -0.4 is 5.32 Å². The number of aliphatic hydroxyl groups is 1. The van der Waals surface area contributed by atoms with Gasteiger partial charge in [0.15, 0.2) is 0 Å². The Morgan fingerprint density at radius 2 is 2.00 bits per heavy atom. The first-order chi connectivity index (χ1) is 8.29. The van der Waals surface area contributed by atoms with E-state index in [1.165, 1.54) is 24.0 Å². The van der Waals surface area contributed by atoms with Gasteiger partial charge in [0.2, 0.25) is 0 Å². The van der Waals surface area contributed by atoms with Crippen LogP contribution in [0.4, 0.5) is 0 Å². The Morgan fingerprint density at radius 1 is 1.29 bits per heavy atom. The Hall–Kier alpha value is -0.860. The highest BCUT2D eigenvalue weighted by Crippen LogP contribution is 2.39. The maximum atomic E-state index is 8.76. The number of nitrogens with one attached hydrogen (secondary N) is 1. The average molecular weight is 233 g/mol. The molecule has 2 nitrogen and oxygen atoms in total. The molecule has 1 aliphatic carbocycles. The van der Waals surface area contributed by atoms with Gasteiger partial charge >= 0.3 is 0 Å². The zero-order valence-corrected chi connectivity index (χ0v) is 10.7. The molecule has 94 valence electrons. The van der Waals surface area contributed by atoms with Crippen LogP contribution in [-0.4, -0.2) is 17.8 Å². The molecule has 2 N–H and O–H groups in total. The van der Waals surface area contributed by atoms with E-state index in [-0.39, 0.29) is 0 Å². The molecule has 0 bridgehead atoms. The van der Waals surface area contributed by atoms with Gasteiger partial charge in [0.05, 0.1) is 0 Å². The Morgan fingerprint density at radius 3 is 2.59 bits per heavy atom. The van der Waals surface area contributed by atoms with Crippen molar-refractivity contribution < 1.29 is 5.11 Å². The van der Waals surface area contributed by atoms with Crippen LogP contribution in [0.1, 0.15) is 49.7 Å². The lowest BCUT2D eigenvalue weighted by Crippen LogP contribution is -2.25. The second-order valence-corrected chi connectivity index (χ2v) is 5.16. The number of aliphatic hydroxyl groups excluding tert-OH is 1. The minimum Gasteiger partial charge on any atom is -0.396 e. The summed E-state index contributed by atoms with van der Waals surface area (Å²) in [6.45, 7) is 3.40. The lowest BCUT2D eigenvalue weighted by atomic mass is 10.1. The van der Waals surface area contributed by atoms with E-state index in [1.54, 1.807) is 0 Å². The van der Waals surface area contributed by atoms with E-state index in [4.69, 9.17) is 5.11 Å². The molecule has 0 saturated heterocycles. The van der Waals surface area contributed by atoms with Crippen LogP contribution in [0, 0.1) is 0 Å². The third-order valence-electron chi connectivity index (χ3n) is 3.48. The summed E-state index contributed by atoms with van der Waals surface area (Å²) in [4.78, 5) is 0. The van der Waals surface area contributed by atoms with Crippen LogP contribution in [-0.2, 0) is 6.54 Å². The molecule has 0 aromatic heterocycles. The fourth-order valence-electron chi connectivity index (χ4n) is 2.12. The van der Waals surface area contributed by atoms with E-state index < -0.39 is 0 Å². The number of hydrogen-bond donors (Lipinski definition) is 2. The molecule has 17 heavy (non-hydrogen) atoms. The predicted octanol–water partition coefficient (Wildman–Crippen LogP) is 2.81. The first-order valence-electron chi connectivity index (χ1n) is 6.72. The van der Waals surface area contributed by atoms with E-state index in [9.17, 15) is 0 Å². The molecule has 1 saturated carbocycles. The van der Waals surface area contributed by atoms with Gasteiger partial charge in [-0.05, 0) is 49.7 Å². The van der Waals surface area contributed by atoms with Gasteiger partial charge in [-0.15, -0.1) is 0 Å². The summed E-state index contributed by atoms with van der Waals surface area (Å²) in [5.74, 6) is 0.848. The summed E-state index contributed by atoms with van der Waals surface area (Å²) in [5.41, 5.74) is 2.85. The van der Waals surface area contributed by atoms with Crippen molar-refractivity contribution in [1.29, 1.82) is 0 Å². The molecule has 1 aromatic rings. The van der Waals surface area contributed by atoms with Crippen LogP contribution in [0.25, 0.3) is 0 Å². The van der Waals surface area contributed by atoms with Crippen molar-refractivity contribution in [1.82, 2.24) is 5.32 Å². The molecule has 1 aliphatic rings. The fraction of sp³-hybridized carbons (Fsp3) is 0.600. The van der Waals surface area contributed by atoms with Gasteiger partial charge in [0.1, 0.15) is 0 Å². The first kappa shape index (κ1) is 12.6. The van der Waals surface area contributed by atoms with E-state index in [0.29, 0.717) is 12.6 Å². The van der Waals surface area contributed by atoms with Gasteiger partial charge < -0.3 is 10.4 Å². The molecular formula is C15H23NO. The Labute approximate surface area is 104 Å². The maximum absolute atomic E-state index is 8.76. The Bertz CT molecular complexity index is 329. The molecule has 1 atom stereocenters. The topological polar surface area (TPSA) is 32.3 Å². The lowest BCUT2D eigenvalue weighted by Gasteiger charge is -2.13. The highest BCUT2D eigenvalue weighted by molar-refractivity contribution is 5.27. The summed E-state index contributed by atoms with van der Waals surface area (Å²) in [5, 5.41) is 12.2. The molecule has 0 heterocycles. The summed E-state index contributed by atoms with van der Waals surface area (Å²) >= 11 is 0. The zero-order valence-electron chi connectivity index (χ0n) is 10.7. The van der Waals surface area contributed by atoms with Crippen molar-refractivity contribution >= 4 is 0 Å². The standard InChI is InChI=1S/C15H23NO/c1-12(3-2-10-17)16-11-13-4-6-14(7-5-13)15-8-9-15/h4-7,12,15-17H,2-3,8-11H2,1H3. The second kappa shape index (κ2) is 6.18. The molecule has 1 fully saturated rings. The maximum Gasteiger partial charge on any atom is 0.0431 e. The Balaban J connectivity index is 1.74. The summed E-state index contributed by atoms with van der Waals surface area (Å²) in [6.07, 6.45) is 4.66. The Kier molecular flexibility index (Phi) is 4.57. The summed E-state index contributed by atoms with van der Waals surface area (Å²) < 4.78 is 0. The molecule has 0 spiro atoms. The van der Waals surface area contributed by atoms with E-state index >= 15 is 0 Å². The summed E-state index contributed by atoms with van der Waals surface area (Å²) in [7, 11) is 0. The van der Waals surface area contributed by atoms with Gasteiger partial charge in [0.25, 0.3) is 0 Å². The molecule has 0 aliphatic heterocycles. The molecule has 1 unspecified atom stereocenters. The van der Waals surface area contributed by atoms with Crippen LogP contribution in [0.2, 0.25) is 0 Å². The largest absolute Gasteiger partial charge is 0.396 e. The lowest BCUT2D eigenvalue weighted by molar-refractivity contribution is 0.276. The molecule has 0 radical (unpaired) electrons.